The Balaban J connectivity index is 2.49. The highest BCUT2D eigenvalue weighted by atomic mass is 16.1. The third-order valence-electron chi connectivity index (χ3n) is 1.78. The number of aldehydes is 1. The van der Waals surface area contributed by atoms with Crippen molar-refractivity contribution in [2.75, 3.05) is 0 Å². The highest BCUT2D eigenvalue weighted by Crippen LogP contribution is 2.15. The minimum Gasteiger partial charge on any atom is -0.339 e. The molecule has 0 fully saturated rings. The van der Waals surface area contributed by atoms with Crippen molar-refractivity contribution in [3.8, 4) is 0 Å². The zero-order chi connectivity index (χ0) is 7.68. The fourth-order valence-electron chi connectivity index (χ4n) is 1.25. The number of aromatic nitrogens is 2. The first-order valence-electron chi connectivity index (χ1n) is 3.61. The molecule has 1 aromatic rings. The zero-order valence-electron chi connectivity index (χ0n) is 6.00. The average Bonchev–Trinajstić information content (AvgIpc) is 2.46. The summed E-state index contributed by atoms with van der Waals surface area (Å²) < 4.78 is 0. The van der Waals surface area contributed by atoms with Crippen LogP contribution in [0, 0.1) is 0 Å². The van der Waals surface area contributed by atoms with Crippen molar-refractivity contribution in [2.45, 2.75) is 12.8 Å². The summed E-state index contributed by atoms with van der Waals surface area (Å²) >= 11 is 0. The number of carbonyl (C=O) groups excluding carboxylic acids is 1. The first kappa shape index (κ1) is 6.34. The van der Waals surface area contributed by atoms with Gasteiger partial charge in [-0.15, -0.1) is 0 Å². The zero-order valence-corrected chi connectivity index (χ0v) is 6.00. The maximum atomic E-state index is 10.3. The topological polar surface area (TPSA) is 45.8 Å². The Hall–Kier alpha value is -1.38. The van der Waals surface area contributed by atoms with Crippen molar-refractivity contribution in [3.63, 3.8) is 0 Å². The fourth-order valence-corrected chi connectivity index (χ4v) is 1.25. The molecule has 11 heavy (non-hydrogen) atoms. The summed E-state index contributed by atoms with van der Waals surface area (Å²) in [5, 5.41) is 0. The van der Waals surface area contributed by atoms with E-state index in [0.717, 1.165) is 30.5 Å². The molecule has 1 aromatic heterocycles. The molecule has 0 aliphatic heterocycles. The number of fused-ring (bicyclic) bond motifs is 1. The monoisotopic (exact) mass is 148 g/mol. The molecule has 2 rings (SSSR count). The molecule has 0 radical (unpaired) electrons. The Morgan fingerprint density at radius 2 is 2.55 bits per heavy atom. The predicted molar refractivity (Wildman–Crippen MR) is 41.3 cm³/mol. The molecule has 0 saturated heterocycles. The Morgan fingerprint density at radius 1 is 1.64 bits per heavy atom. The lowest BCUT2D eigenvalue weighted by Crippen LogP contribution is -1.91. The highest BCUT2D eigenvalue weighted by Gasteiger charge is 2.08. The molecule has 1 N–H and O–H groups in total. The Kier molecular flexibility index (Phi) is 1.35. The number of hydrogen-bond acceptors (Lipinski definition) is 2. The van der Waals surface area contributed by atoms with Gasteiger partial charge < -0.3 is 4.98 Å². The standard InChI is InChI=1S/C8H8N2O/c11-5-8-9-6-3-1-2-4-7(6)10-8/h1,3,5H,2,4H2,(H,9,10). The van der Waals surface area contributed by atoms with Crippen LogP contribution in [-0.4, -0.2) is 16.3 Å². The van der Waals surface area contributed by atoms with E-state index in [4.69, 9.17) is 0 Å². The van der Waals surface area contributed by atoms with Gasteiger partial charge in [-0.3, -0.25) is 4.79 Å². The average molecular weight is 148 g/mol. The summed E-state index contributed by atoms with van der Waals surface area (Å²) in [6.07, 6.45) is 6.76. The Morgan fingerprint density at radius 3 is 3.27 bits per heavy atom. The number of carbonyl (C=O) groups is 1. The molecule has 1 aliphatic carbocycles. The molecule has 0 spiro atoms. The predicted octanol–water partition coefficient (Wildman–Crippen LogP) is 1.18. The van der Waals surface area contributed by atoms with E-state index in [9.17, 15) is 4.79 Å². The third kappa shape index (κ3) is 0.981. The van der Waals surface area contributed by atoms with Crippen LogP contribution >= 0.6 is 0 Å². The van der Waals surface area contributed by atoms with Gasteiger partial charge in [-0.2, -0.15) is 0 Å². The van der Waals surface area contributed by atoms with Crippen molar-refractivity contribution < 1.29 is 4.79 Å². The van der Waals surface area contributed by atoms with E-state index in [1.807, 2.05) is 6.08 Å². The number of H-pyrrole nitrogens is 1. The summed E-state index contributed by atoms with van der Waals surface area (Å²) in [7, 11) is 0. The van der Waals surface area contributed by atoms with Crippen LogP contribution in [0.4, 0.5) is 0 Å². The van der Waals surface area contributed by atoms with Crippen LogP contribution in [0.5, 0.6) is 0 Å². The molecule has 1 heterocycles. The van der Waals surface area contributed by atoms with Gasteiger partial charge in [0.2, 0.25) is 0 Å². The van der Waals surface area contributed by atoms with Crippen LogP contribution in [0.25, 0.3) is 6.08 Å². The molecule has 3 heteroatoms. The van der Waals surface area contributed by atoms with Gasteiger partial charge in [0.25, 0.3) is 0 Å². The van der Waals surface area contributed by atoms with Crippen LogP contribution < -0.4 is 0 Å². The highest BCUT2D eigenvalue weighted by molar-refractivity contribution is 5.70. The van der Waals surface area contributed by atoms with Crippen molar-refractivity contribution in [2.24, 2.45) is 0 Å². The van der Waals surface area contributed by atoms with E-state index in [2.05, 4.69) is 16.0 Å². The van der Waals surface area contributed by atoms with Gasteiger partial charge in [-0.05, 0) is 18.9 Å². The van der Waals surface area contributed by atoms with E-state index in [1.165, 1.54) is 0 Å². The lowest BCUT2D eigenvalue weighted by Gasteiger charge is -2.00. The van der Waals surface area contributed by atoms with E-state index in [0.29, 0.717) is 5.82 Å². The molecule has 1 aliphatic rings. The van der Waals surface area contributed by atoms with Crippen LogP contribution in [-0.2, 0) is 6.42 Å². The second-order valence-electron chi connectivity index (χ2n) is 2.54. The molecule has 0 atom stereocenters. The lowest BCUT2D eigenvalue weighted by molar-refractivity contribution is 0.111. The van der Waals surface area contributed by atoms with Gasteiger partial charge in [0, 0.05) is 5.69 Å². The van der Waals surface area contributed by atoms with Crippen LogP contribution in [0.2, 0.25) is 0 Å². The Bertz CT molecular complexity index is 312. The molecule has 56 valence electrons. The molecular formula is C8H8N2O. The molecule has 0 amide bonds. The summed E-state index contributed by atoms with van der Waals surface area (Å²) in [4.78, 5) is 17.3. The summed E-state index contributed by atoms with van der Waals surface area (Å²) in [5.41, 5.74) is 1.99. The maximum absolute atomic E-state index is 10.3. The van der Waals surface area contributed by atoms with Crippen LogP contribution in [0.3, 0.4) is 0 Å². The molecule has 0 aromatic carbocycles. The van der Waals surface area contributed by atoms with Crippen molar-refractivity contribution in [3.05, 3.63) is 23.3 Å². The SMILES string of the molecule is O=Cc1nc2c([nH]1)CCC=C2. The number of allylic oxidation sites excluding steroid dienone is 1. The van der Waals surface area contributed by atoms with Gasteiger partial charge in [0.15, 0.2) is 12.1 Å². The largest absolute Gasteiger partial charge is 0.339 e. The van der Waals surface area contributed by atoms with Crippen molar-refractivity contribution in [1.29, 1.82) is 0 Å². The van der Waals surface area contributed by atoms with Gasteiger partial charge in [0.1, 0.15) is 0 Å². The smallest absolute Gasteiger partial charge is 0.185 e. The second kappa shape index (κ2) is 2.34. The van der Waals surface area contributed by atoms with Gasteiger partial charge >= 0.3 is 0 Å². The van der Waals surface area contributed by atoms with E-state index < -0.39 is 0 Å². The molecule has 0 unspecified atom stereocenters. The first-order chi connectivity index (χ1) is 5.40. The van der Waals surface area contributed by atoms with E-state index in [1.54, 1.807) is 0 Å². The molecule has 3 nitrogen and oxygen atoms in total. The molecule has 0 saturated carbocycles. The molecular weight excluding hydrogens is 140 g/mol. The fraction of sp³-hybridized carbons (Fsp3) is 0.250. The molecule has 0 bridgehead atoms. The van der Waals surface area contributed by atoms with Crippen LogP contribution in [0.1, 0.15) is 28.4 Å². The maximum Gasteiger partial charge on any atom is 0.185 e. The third-order valence-corrected chi connectivity index (χ3v) is 1.78. The summed E-state index contributed by atoms with van der Waals surface area (Å²) in [6, 6.07) is 0. The van der Waals surface area contributed by atoms with Crippen LogP contribution in [0.15, 0.2) is 6.08 Å². The second-order valence-corrected chi connectivity index (χ2v) is 2.54. The van der Waals surface area contributed by atoms with Gasteiger partial charge in [0.05, 0.1) is 5.69 Å². The minimum atomic E-state index is 0.432. The number of aryl methyl sites for hydroxylation is 1. The summed E-state index contributed by atoms with van der Waals surface area (Å²) in [6.45, 7) is 0. The normalized spacial score (nSPS) is 14.5. The number of rotatable bonds is 1. The number of hydrogen-bond donors (Lipinski definition) is 1. The number of aromatic amines is 1. The van der Waals surface area contributed by atoms with Gasteiger partial charge in [-0.1, -0.05) is 6.08 Å². The van der Waals surface area contributed by atoms with E-state index >= 15 is 0 Å². The number of nitrogens with zero attached hydrogens (tertiary/aromatic N) is 1. The first-order valence-corrected chi connectivity index (χ1v) is 3.61. The lowest BCUT2D eigenvalue weighted by atomic mass is 10.1. The minimum absolute atomic E-state index is 0.432. The van der Waals surface area contributed by atoms with Gasteiger partial charge in [-0.25, -0.2) is 4.98 Å². The quantitative estimate of drug-likeness (QED) is 0.608. The van der Waals surface area contributed by atoms with Crippen molar-refractivity contribution in [1.82, 2.24) is 9.97 Å². The van der Waals surface area contributed by atoms with Crippen molar-refractivity contribution >= 4 is 12.4 Å². The number of nitrogens with one attached hydrogen (secondary N) is 1. The number of imidazole rings is 1. The Labute approximate surface area is 64.2 Å². The summed E-state index contributed by atoms with van der Waals surface area (Å²) in [5.74, 6) is 0.432. The van der Waals surface area contributed by atoms with E-state index in [-0.39, 0.29) is 0 Å².